The minimum absolute atomic E-state index is 0.204. The van der Waals surface area contributed by atoms with Crippen LogP contribution in [0.2, 0.25) is 0 Å². The molecule has 2 saturated heterocycles. The molecule has 1 N–H and O–H groups in total. The topological polar surface area (TPSA) is 49.8 Å². The third-order valence-electron chi connectivity index (χ3n) is 4.11. The predicted molar refractivity (Wildman–Crippen MR) is 64.8 cm³/mol. The minimum atomic E-state index is -0.322. The van der Waals surface area contributed by atoms with Crippen LogP contribution in [0.3, 0.4) is 0 Å². The number of aldehydes is 1. The summed E-state index contributed by atoms with van der Waals surface area (Å²) in [4.78, 5) is 13.6. The van der Waals surface area contributed by atoms with E-state index in [2.05, 4.69) is 4.90 Å². The highest BCUT2D eigenvalue weighted by Gasteiger charge is 2.38. The number of likely N-dealkylation sites (tertiary alicyclic amines) is 1. The second-order valence-electron chi connectivity index (χ2n) is 5.44. The lowest BCUT2D eigenvalue weighted by Crippen LogP contribution is -2.46. The van der Waals surface area contributed by atoms with E-state index in [1.54, 1.807) is 0 Å². The molecule has 2 heterocycles. The van der Waals surface area contributed by atoms with E-state index < -0.39 is 0 Å². The Morgan fingerprint density at radius 3 is 2.94 bits per heavy atom. The normalized spacial score (nSPS) is 35.7. The zero-order chi connectivity index (χ0) is 12.1. The Labute approximate surface area is 103 Å². The molecule has 0 spiro atoms. The van der Waals surface area contributed by atoms with E-state index in [0.29, 0.717) is 13.2 Å². The number of aliphatic hydroxyl groups excluding tert-OH is 1. The van der Waals surface area contributed by atoms with Gasteiger partial charge in [-0.1, -0.05) is 12.8 Å². The fourth-order valence-corrected chi connectivity index (χ4v) is 2.93. The summed E-state index contributed by atoms with van der Waals surface area (Å²) in [6.07, 6.45) is 6.53. The summed E-state index contributed by atoms with van der Waals surface area (Å²) in [5, 5.41) is 9.46. The number of rotatable bonds is 4. The lowest BCUT2D eigenvalue weighted by Gasteiger charge is -2.34. The van der Waals surface area contributed by atoms with Gasteiger partial charge in [0.05, 0.1) is 18.6 Å². The van der Waals surface area contributed by atoms with Gasteiger partial charge in [0.25, 0.3) is 0 Å². The van der Waals surface area contributed by atoms with Crippen LogP contribution in [-0.2, 0) is 9.53 Å². The first kappa shape index (κ1) is 13.0. The van der Waals surface area contributed by atoms with Crippen molar-refractivity contribution in [2.75, 3.05) is 32.9 Å². The van der Waals surface area contributed by atoms with Crippen LogP contribution >= 0.6 is 0 Å². The second-order valence-corrected chi connectivity index (χ2v) is 5.44. The van der Waals surface area contributed by atoms with Gasteiger partial charge in [-0.05, 0) is 25.8 Å². The first-order chi connectivity index (χ1) is 8.29. The zero-order valence-corrected chi connectivity index (χ0v) is 10.4. The Morgan fingerprint density at radius 2 is 2.29 bits per heavy atom. The molecule has 17 heavy (non-hydrogen) atoms. The number of carbonyl (C=O) groups excluding carboxylic acids is 1. The van der Waals surface area contributed by atoms with Crippen LogP contribution in [0.1, 0.15) is 32.1 Å². The van der Waals surface area contributed by atoms with Crippen molar-refractivity contribution in [3.63, 3.8) is 0 Å². The Hall–Kier alpha value is -0.450. The number of ether oxygens (including phenoxy) is 1. The van der Waals surface area contributed by atoms with Crippen molar-refractivity contribution in [2.24, 2.45) is 5.41 Å². The average Bonchev–Trinajstić information content (AvgIpc) is 2.70. The Balaban J connectivity index is 2.00. The molecule has 2 aliphatic rings. The van der Waals surface area contributed by atoms with Gasteiger partial charge in [-0.2, -0.15) is 0 Å². The maximum absolute atomic E-state index is 11.3. The van der Waals surface area contributed by atoms with Crippen LogP contribution in [0.15, 0.2) is 0 Å². The maximum Gasteiger partial charge on any atom is 0.129 e. The summed E-state index contributed by atoms with van der Waals surface area (Å²) in [6.45, 7) is 3.19. The largest absolute Gasteiger partial charge is 0.395 e. The number of hydrogen-bond donors (Lipinski definition) is 1. The highest BCUT2D eigenvalue weighted by atomic mass is 16.5. The van der Waals surface area contributed by atoms with Gasteiger partial charge in [-0.25, -0.2) is 0 Å². The summed E-state index contributed by atoms with van der Waals surface area (Å²) in [6, 6.07) is 0.231. The van der Waals surface area contributed by atoms with Crippen LogP contribution in [0.5, 0.6) is 0 Å². The molecule has 0 bridgehead atoms. The van der Waals surface area contributed by atoms with Gasteiger partial charge in [-0.3, -0.25) is 4.90 Å². The van der Waals surface area contributed by atoms with Crippen molar-refractivity contribution in [1.82, 2.24) is 4.90 Å². The Kier molecular flexibility index (Phi) is 4.54. The molecular weight excluding hydrogens is 218 g/mol. The maximum atomic E-state index is 11.3. The lowest BCUT2D eigenvalue weighted by atomic mass is 9.88. The third kappa shape index (κ3) is 3.06. The second kappa shape index (κ2) is 5.94. The van der Waals surface area contributed by atoms with E-state index >= 15 is 0 Å². The van der Waals surface area contributed by atoms with Gasteiger partial charge >= 0.3 is 0 Å². The SMILES string of the molecule is O=CC1(CN2CCCCCC2CO)CCOC1. The molecule has 98 valence electrons. The highest BCUT2D eigenvalue weighted by molar-refractivity contribution is 5.60. The van der Waals surface area contributed by atoms with Gasteiger partial charge in [0, 0.05) is 19.2 Å². The molecule has 2 rings (SSSR count). The molecule has 0 aromatic carbocycles. The highest BCUT2D eigenvalue weighted by Crippen LogP contribution is 2.29. The van der Waals surface area contributed by atoms with Gasteiger partial charge in [0.2, 0.25) is 0 Å². The molecule has 0 radical (unpaired) electrons. The van der Waals surface area contributed by atoms with Crippen molar-refractivity contribution in [3.05, 3.63) is 0 Å². The molecule has 0 aliphatic carbocycles. The number of hydrogen-bond acceptors (Lipinski definition) is 4. The first-order valence-corrected chi connectivity index (χ1v) is 6.69. The van der Waals surface area contributed by atoms with Gasteiger partial charge < -0.3 is 14.6 Å². The Morgan fingerprint density at radius 1 is 1.41 bits per heavy atom. The Bertz CT molecular complexity index is 251. The van der Waals surface area contributed by atoms with Crippen LogP contribution in [0.4, 0.5) is 0 Å². The minimum Gasteiger partial charge on any atom is -0.395 e. The smallest absolute Gasteiger partial charge is 0.129 e. The summed E-state index contributed by atoms with van der Waals surface area (Å²) in [5.74, 6) is 0. The number of carbonyl (C=O) groups is 1. The lowest BCUT2D eigenvalue weighted by molar-refractivity contribution is -0.117. The van der Waals surface area contributed by atoms with Crippen molar-refractivity contribution in [3.8, 4) is 0 Å². The van der Waals surface area contributed by atoms with Crippen molar-refractivity contribution >= 4 is 6.29 Å². The molecule has 0 amide bonds. The van der Waals surface area contributed by atoms with Crippen LogP contribution < -0.4 is 0 Å². The average molecular weight is 241 g/mol. The standard InChI is InChI=1S/C13H23NO3/c15-8-12-4-2-1-3-6-14(12)9-13(10-16)5-7-17-11-13/h10,12,15H,1-9,11H2. The van der Waals surface area contributed by atoms with Crippen LogP contribution in [0.25, 0.3) is 0 Å². The van der Waals surface area contributed by atoms with Gasteiger partial charge in [0.15, 0.2) is 0 Å². The quantitative estimate of drug-likeness (QED) is 0.741. The van der Waals surface area contributed by atoms with E-state index in [4.69, 9.17) is 4.74 Å². The molecular formula is C13H23NO3. The molecule has 0 saturated carbocycles. The van der Waals surface area contributed by atoms with E-state index in [0.717, 1.165) is 32.2 Å². The molecule has 0 aromatic heterocycles. The summed E-state index contributed by atoms with van der Waals surface area (Å²) in [7, 11) is 0. The zero-order valence-electron chi connectivity index (χ0n) is 10.4. The number of nitrogens with zero attached hydrogens (tertiary/aromatic N) is 1. The summed E-state index contributed by atoms with van der Waals surface area (Å²) >= 11 is 0. The van der Waals surface area contributed by atoms with Crippen molar-refractivity contribution < 1.29 is 14.6 Å². The van der Waals surface area contributed by atoms with Crippen molar-refractivity contribution in [1.29, 1.82) is 0 Å². The fourth-order valence-electron chi connectivity index (χ4n) is 2.93. The molecule has 2 aliphatic heterocycles. The van der Waals surface area contributed by atoms with E-state index in [1.807, 2.05) is 0 Å². The molecule has 2 atom stereocenters. The fraction of sp³-hybridized carbons (Fsp3) is 0.923. The first-order valence-electron chi connectivity index (χ1n) is 6.69. The third-order valence-corrected chi connectivity index (χ3v) is 4.11. The molecule has 2 fully saturated rings. The van der Waals surface area contributed by atoms with E-state index in [1.165, 1.54) is 19.3 Å². The predicted octanol–water partition coefficient (Wildman–Crippen LogP) is 0.829. The monoisotopic (exact) mass is 241 g/mol. The summed E-state index contributed by atoms with van der Waals surface area (Å²) in [5.41, 5.74) is -0.322. The van der Waals surface area contributed by atoms with Gasteiger partial charge in [0.1, 0.15) is 6.29 Å². The van der Waals surface area contributed by atoms with E-state index in [9.17, 15) is 9.90 Å². The van der Waals surface area contributed by atoms with E-state index in [-0.39, 0.29) is 18.1 Å². The molecule has 4 heteroatoms. The number of aliphatic hydroxyl groups is 1. The van der Waals surface area contributed by atoms with Gasteiger partial charge in [-0.15, -0.1) is 0 Å². The van der Waals surface area contributed by atoms with Crippen molar-refractivity contribution in [2.45, 2.75) is 38.1 Å². The van der Waals surface area contributed by atoms with Crippen LogP contribution in [-0.4, -0.2) is 55.2 Å². The van der Waals surface area contributed by atoms with Crippen LogP contribution in [0, 0.1) is 5.41 Å². The molecule has 2 unspecified atom stereocenters. The summed E-state index contributed by atoms with van der Waals surface area (Å²) < 4.78 is 5.37. The molecule has 0 aromatic rings. The molecule has 4 nitrogen and oxygen atoms in total.